The summed E-state index contributed by atoms with van der Waals surface area (Å²) in [5.41, 5.74) is 6.55. The van der Waals surface area contributed by atoms with Crippen LogP contribution < -0.4 is 20.7 Å². The standard InChI is InChI=1S/C23H27N7O3/c24-21(31)15-12-18-19(27-14-15)13-20(30-8-10-32-11-9-30)29-22(18)33-17-4-2-16(3-5-17)28-23-25-6-1-7-26-23/h1,6-7,12-14,16-17H,2-5,8-11H2,(H2,24,31)(H,25,26,28)/t16-,17+. The van der Waals surface area contributed by atoms with Gasteiger partial charge >= 0.3 is 0 Å². The minimum absolute atomic E-state index is 0.0209. The van der Waals surface area contributed by atoms with Gasteiger partial charge < -0.3 is 25.4 Å². The van der Waals surface area contributed by atoms with Gasteiger partial charge in [0.2, 0.25) is 17.7 Å². The Labute approximate surface area is 191 Å². The molecule has 4 heterocycles. The van der Waals surface area contributed by atoms with E-state index >= 15 is 0 Å². The van der Waals surface area contributed by atoms with Crippen molar-refractivity contribution < 1.29 is 14.3 Å². The third-order valence-corrected chi connectivity index (χ3v) is 6.10. The number of carbonyl (C=O) groups excluding carboxylic acids is 1. The first-order valence-electron chi connectivity index (χ1n) is 11.3. The Bertz CT molecular complexity index is 1110. The van der Waals surface area contributed by atoms with Crippen LogP contribution in [0.5, 0.6) is 5.88 Å². The van der Waals surface area contributed by atoms with Crippen LogP contribution in [-0.2, 0) is 4.74 Å². The molecule has 1 aliphatic heterocycles. The second-order valence-corrected chi connectivity index (χ2v) is 8.35. The van der Waals surface area contributed by atoms with Crippen molar-refractivity contribution >= 4 is 28.6 Å². The van der Waals surface area contributed by atoms with E-state index in [4.69, 9.17) is 20.2 Å². The summed E-state index contributed by atoms with van der Waals surface area (Å²) in [5, 5.41) is 4.09. The summed E-state index contributed by atoms with van der Waals surface area (Å²) < 4.78 is 11.9. The molecule has 0 aromatic carbocycles. The van der Waals surface area contributed by atoms with E-state index in [9.17, 15) is 4.79 Å². The number of carbonyl (C=O) groups is 1. The van der Waals surface area contributed by atoms with Crippen molar-refractivity contribution in [1.29, 1.82) is 0 Å². The van der Waals surface area contributed by atoms with Crippen molar-refractivity contribution in [2.45, 2.75) is 37.8 Å². The van der Waals surface area contributed by atoms with E-state index in [-0.39, 0.29) is 6.10 Å². The summed E-state index contributed by atoms with van der Waals surface area (Å²) in [4.78, 5) is 31.7. The molecule has 3 aromatic heterocycles. The van der Waals surface area contributed by atoms with Gasteiger partial charge in [0.1, 0.15) is 11.9 Å². The van der Waals surface area contributed by atoms with E-state index in [1.54, 1.807) is 24.5 Å². The van der Waals surface area contributed by atoms with Crippen LogP contribution in [0.4, 0.5) is 11.8 Å². The van der Waals surface area contributed by atoms with Crippen LogP contribution in [-0.4, -0.2) is 64.3 Å². The first-order chi connectivity index (χ1) is 16.2. The highest BCUT2D eigenvalue weighted by molar-refractivity contribution is 5.97. The van der Waals surface area contributed by atoms with E-state index < -0.39 is 5.91 Å². The molecule has 172 valence electrons. The molecule has 0 unspecified atom stereocenters. The maximum atomic E-state index is 11.7. The first kappa shape index (κ1) is 21.3. The number of hydrogen-bond donors (Lipinski definition) is 2. The normalized spacial score (nSPS) is 21.0. The molecule has 33 heavy (non-hydrogen) atoms. The molecular weight excluding hydrogens is 422 g/mol. The average molecular weight is 450 g/mol. The molecule has 10 nitrogen and oxygen atoms in total. The number of rotatable bonds is 6. The number of nitrogens with two attached hydrogens (primary N) is 1. The molecule has 0 radical (unpaired) electrons. The summed E-state index contributed by atoms with van der Waals surface area (Å²) in [7, 11) is 0. The predicted molar refractivity (Wildman–Crippen MR) is 123 cm³/mol. The monoisotopic (exact) mass is 449 g/mol. The van der Waals surface area contributed by atoms with Crippen molar-refractivity contribution in [2.75, 3.05) is 36.5 Å². The Morgan fingerprint density at radius 3 is 2.58 bits per heavy atom. The smallest absolute Gasteiger partial charge is 0.250 e. The van der Waals surface area contributed by atoms with Crippen LogP contribution in [0.2, 0.25) is 0 Å². The van der Waals surface area contributed by atoms with Crippen LogP contribution >= 0.6 is 0 Å². The zero-order chi connectivity index (χ0) is 22.6. The molecule has 0 spiro atoms. The number of nitrogens with zero attached hydrogens (tertiary/aromatic N) is 5. The van der Waals surface area contributed by atoms with Crippen molar-refractivity contribution in [3.05, 3.63) is 42.4 Å². The number of morpholine rings is 1. The Kier molecular flexibility index (Phi) is 6.16. The molecule has 0 bridgehead atoms. The maximum absolute atomic E-state index is 11.7. The van der Waals surface area contributed by atoms with Crippen molar-refractivity contribution in [1.82, 2.24) is 19.9 Å². The number of nitrogens with one attached hydrogen (secondary N) is 1. The van der Waals surface area contributed by atoms with E-state index in [1.807, 2.05) is 6.07 Å². The Balaban J connectivity index is 1.35. The van der Waals surface area contributed by atoms with E-state index in [0.717, 1.165) is 50.1 Å². The van der Waals surface area contributed by atoms with Crippen LogP contribution in [0.3, 0.4) is 0 Å². The molecule has 5 rings (SSSR count). The van der Waals surface area contributed by atoms with Gasteiger partial charge in [0.15, 0.2) is 0 Å². The third-order valence-electron chi connectivity index (χ3n) is 6.10. The Morgan fingerprint density at radius 1 is 1.09 bits per heavy atom. The van der Waals surface area contributed by atoms with Crippen LogP contribution in [0, 0.1) is 0 Å². The van der Waals surface area contributed by atoms with Gasteiger partial charge in [-0.25, -0.2) is 9.97 Å². The third kappa shape index (κ3) is 4.95. The molecule has 1 saturated heterocycles. The van der Waals surface area contributed by atoms with Crippen LogP contribution in [0.25, 0.3) is 10.9 Å². The summed E-state index contributed by atoms with van der Waals surface area (Å²) in [6.45, 7) is 2.84. The molecule has 2 fully saturated rings. The summed E-state index contributed by atoms with van der Waals surface area (Å²) in [6, 6.07) is 5.76. The molecule has 0 atom stereocenters. The number of ether oxygens (including phenoxy) is 2. The van der Waals surface area contributed by atoms with Crippen molar-refractivity contribution in [3.63, 3.8) is 0 Å². The number of fused-ring (bicyclic) bond motifs is 1. The Hall–Kier alpha value is -3.53. The lowest BCUT2D eigenvalue weighted by molar-refractivity contribution is 0.1000. The topological polar surface area (TPSA) is 128 Å². The van der Waals surface area contributed by atoms with Crippen molar-refractivity contribution in [3.8, 4) is 5.88 Å². The number of anilines is 2. The predicted octanol–water partition coefficient (Wildman–Crippen LogP) is 2.16. The number of hydrogen-bond acceptors (Lipinski definition) is 9. The molecule has 3 aromatic rings. The van der Waals surface area contributed by atoms with E-state index in [1.165, 1.54) is 6.20 Å². The molecule has 1 saturated carbocycles. The van der Waals surface area contributed by atoms with E-state index in [2.05, 4.69) is 25.2 Å². The van der Waals surface area contributed by atoms with Gasteiger partial charge in [0, 0.05) is 43.8 Å². The molecule has 2 aliphatic rings. The number of amides is 1. The average Bonchev–Trinajstić information content (AvgIpc) is 2.86. The SMILES string of the molecule is NC(=O)c1cnc2cc(N3CCOCC3)nc(O[C@H]3CC[C@@H](Nc4ncccn4)CC3)c2c1. The summed E-state index contributed by atoms with van der Waals surface area (Å²) in [6.07, 6.45) is 8.61. The fourth-order valence-corrected chi connectivity index (χ4v) is 4.30. The van der Waals surface area contributed by atoms with Gasteiger partial charge in [-0.05, 0) is 37.8 Å². The fraction of sp³-hybridized carbons (Fsp3) is 0.435. The highest BCUT2D eigenvalue weighted by Crippen LogP contribution is 2.32. The largest absolute Gasteiger partial charge is 0.474 e. The number of primary amides is 1. The summed E-state index contributed by atoms with van der Waals surface area (Å²) in [5.74, 6) is 1.42. The highest BCUT2D eigenvalue weighted by Gasteiger charge is 2.25. The minimum Gasteiger partial charge on any atom is -0.474 e. The fourth-order valence-electron chi connectivity index (χ4n) is 4.30. The lowest BCUT2D eigenvalue weighted by atomic mass is 9.93. The van der Waals surface area contributed by atoms with Gasteiger partial charge in [0.05, 0.1) is 29.7 Å². The van der Waals surface area contributed by atoms with Gasteiger partial charge in [-0.1, -0.05) is 0 Å². The number of pyridine rings is 2. The zero-order valence-electron chi connectivity index (χ0n) is 18.3. The zero-order valence-corrected chi connectivity index (χ0v) is 18.3. The molecule has 3 N–H and O–H groups in total. The lowest BCUT2D eigenvalue weighted by Crippen LogP contribution is -2.37. The van der Waals surface area contributed by atoms with Gasteiger partial charge in [-0.2, -0.15) is 4.98 Å². The Morgan fingerprint density at radius 2 is 1.85 bits per heavy atom. The highest BCUT2D eigenvalue weighted by atomic mass is 16.5. The first-order valence-corrected chi connectivity index (χ1v) is 11.3. The van der Waals surface area contributed by atoms with Gasteiger partial charge in [-0.15, -0.1) is 0 Å². The lowest BCUT2D eigenvalue weighted by Gasteiger charge is -2.31. The van der Waals surface area contributed by atoms with Crippen LogP contribution in [0.1, 0.15) is 36.0 Å². The second kappa shape index (κ2) is 9.53. The molecule has 1 amide bonds. The minimum atomic E-state index is -0.526. The second-order valence-electron chi connectivity index (χ2n) is 8.35. The molecular formula is C23H27N7O3. The maximum Gasteiger partial charge on any atom is 0.250 e. The quantitative estimate of drug-likeness (QED) is 0.581. The number of aromatic nitrogens is 4. The van der Waals surface area contributed by atoms with E-state index in [0.29, 0.717) is 42.0 Å². The van der Waals surface area contributed by atoms with Crippen molar-refractivity contribution in [2.24, 2.45) is 5.73 Å². The summed E-state index contributed by atoms with van der Waals surface area (Å²) >= 11 is 0. The van der Waals surface area contributed by atoms with Crippen LogP contribution in [0.15, 0.2) is 36.8 Å². The van der Waals surface area contributed by atoms with Gasteiger partial charge in [-0.3, -0.25) is 9.78 Å². The molecule has 1 aliphatic carbocycles. The molecule has 10 heteroatoms. The van der Waals surface area contributed by atoms with Gasteiger partial charge in [0.25, 0.3) is 0 Å².